The summed E-state index contributed by atoms with van der Waals surface area (Å²) in [5, 5.41) is 15.4. The van der Waals surface area contributed by atoms with Gasteiger partial charge in [-0.1, -0.05) is 60.7 Å². The van der Waals surface area contributed by atoms with Crippen molar-refractivity contribution in [3.8, 4) is 22.3 Å². The monoisotopic (exact) mass is 382 g/mol. The van der Waals surface area contributed by atoms with Gasteiger partial charge in [0.25, 0.3) is 0 Å². The SMILES string of the molecule is Cn1ccc(Cn2cc(-c3ccccc3)cn2)n1.c1ccc(-c2cn[nH]c2)cc1. The quantitative estimate of drug-likeness (QED) is 0.501. The van der Waals surface area contributed by atoms with Gasteiger partial charge < -0.3 is 0 Å². The zero-order chi connectivity index (χ0) is 19.9. The average Bonchev–Trinajstić information content (AvgIpc) is 3.53. The molecule has 0 unspecified atom stereocenters. The van der Waals surface area contributed by atoms with Gasteiger partial charge in [0.15, 0.2) is 0 Å². The topological polar surface area (TPSA) is 64.3 Å². The molecule has 0 bridgehead atoms. The van der Waals surface area contributed by atoms with Crippen molar-refractivity contribution in [3.05, 3.63) is 103 Å². The lowest BCUT2D eigenvalue weighted by atomic mass is 10.1. The molecule has 1 N–H and O–H groups in total. The van der Waals surface area contributed by atoms with Crippen LogP contribution in [0, 0.1) is 0 Å². The minimum Gasteiger partial charge on any atom is -0.285 e. The molecule has 0 amide bonds. The molecule has 3 heterocycles. The molecule has 2 aromatic carbocycles. The number of aromatic amines is 1. The number of hydrogen-bond donors (Lipinski definition) is 1. The Bertz CT molecular complexity index is 1120. The van der Waals surface area contributed by atoms with Crippen molar-refractivity contribution in [1.82, 2.24) is 29.8 Å². The largest absolute Gasteiger partial charge is 0.285 e. The Kier molecular flexibility index (Phi) is 5.62. The third-order valence-corrected chi connectivity index (χ3v) is 4.44. The van der Waals surface area contributed by atoms with Crippen molar-refractivity contribution in [1.29, 1.82) is 0 Å². The number of rotatable bonds is 4. The maximum absolute atomic E-state index is 4.36. The Morgan fingerprint density at radius 1 is 0.793 bits per heavy atom. The smallest absolute Gasteiger partial charge is 0.0850 e. The van der Waals surface area contributed by atoms with Crippen LogP contribution in [0.2, 0.25) is 0 Å². The number of H-pyrrole nitrogens is 1. The van der Waals surface area contributed by atoms with Crippen LogP contribution in [0.25, 0.3) is 22.3 Å². The van der Waals surface area contributed by atoms with Crippen LogP contribution in [0.1, 0.15) is 5.69 Å². The average molecular weight is 382 g/mol. The van der Waals surface area contributed by atoms with Crippen LogP contribution in [0.3, 0.4) is 0 Å². The lowest BCUT2D eigenvalue weighted by Crippen LogP contribution is -2.01. The van der Waals surface area contributed by atoms with Gasteiger partial charge in [-0.05, 0) is 17.2 Å². The molecule has 5 aromatic rings. The maximum Gasteiger partial charge on any atom is 0.0850 e. The summed E-state index contributed by atoms with van der Waals surface area (Å²) in [6.07, 6.45) is 9.57. The Morgan fingerprint density at radius 3 is 2.07 bits per heavy atom. The normalized spacial score (nSPS) is 10.4. The van der Waals surface area contributed by atoms with Gasteiger partial charge in [0.05, 0.1) is 24.6 Å². The summed E-state index contributed by atoms with van der Waals surface area (Å²) in [7, 11) is 1.92. The van der Waals surface area contributed by atoms with Gasteiger partial charge in [-0.15, -0.1) is 0 Å². The third kappa shape index (κ3) is 4.87. The minimum absolute atomic E-state index is 0.702. The number of nitrogens with zero attached hydrogens (tertiary/aromatic N) is 5. The molecule has 0 saturated carbocycles. The number of hydrogen-bond acceptors (Lipinski definition) is 3. The molecule has 0 radical (unpaired) electrons. The first kappa shape index (κ1) is 18.4. The molecule has 0 saturated heterocycles. The fourth-order valence-electron chi connectivity index (χ4n) is 2.98. The van der Waals surface area contributed by atoms with Crippen molar-refractivity contribution in [3.63, 3.8) is 0 Å². The molecule has 0 aliphatic carbocycles. The second kappa shape index (κ2) is 8.84. The van der Waals surface area contributed by atoms with Crippen LogP contribution in [-0.2, 0) is 13.6 Å². The maximum atomic E-state index is 4.36. The van der Waals surface area contributed by atoms with Gasteiger partial charge in [-0.3, -0.25) is 14.5 Å². The van der Waals surface area contributed by atoms with E-state index in [1.165, 1.54) is 11.1 Å². The Morgan fingerprint density at radius 2 is 1.48 bits per heavy atom. The summed E-state index contributed by atoms with van der Waals surface area (Å²) in [4.78, 5) is 0. The Labute approximate surface area is 169 Å². The first-order valence-corrected chi connectivity index (χ1v) is 9.38. The molecule has 6 nitrogen and oxygen atoms in total. The lowest BCUT2D eigenvalue weighted by Gasteiger charge is -1.97. The fourth-order valence-corrected chi connectivity index (χ4v) is 2.98. The first-order chi connectivity index (χ1) is 14.3. The highest BCUT2D eigenvalue weighted by atomic mass is 15.3. The number of aromatic nitrogens is 6. The zero-order valence-corrected chi connectivity index (χ0v) is 16.2. The number of aryl methyl sites for hydroxylation is 1. The molecule has 144 valence electrons. The minimum atomic E-state index is 0.702. The Hall–Kier alpha value is -3.93. The van der Waals surface area contributed by atoms with E-state index in [9.17, 15) is 0 Å². The van der Waals surface area contributed by atoms with Crippen LogP contribution in [0.15, 0.2) is 97.7 Å². The predicted molar refractivity (Wildman–Crippen MR) is 114 cm³/mol. The zero-order valence-electron chi connectivity index (χ0n) is 16.2. The van der Waals surface area contributed by atoms with Crippen LogP contribution in [0.4, 0.5) is 0 Å². The number of nitrogens with one attached hydrogen (secondary N) is 1. The van der Waals surface area contributed by atoms with Crippen molar-refractivity contribution < 1.29 is 0 Å². The summed E-state index contributed by atoms with van der Waals surface area (Å²) >= 11 is 0. The Balaban J connectivity index is 0.000000159. The van der Waals surface area contributed by atoms with Crippen molar-refractivity contribution in [2.24, 2.45) is 7.05 Å². The van der Waals surface area contributed by atoms with E-state index in [1.54, 1.807) is 4.68 Å². The summed E-state index contributed by atoms with van der Waals surface area (Å²) < 4.78 is 3.71. The van der Waals surface area contributed by atoms with E-state index in [0.717, 1.165) is 16.8 Å². The summed E-state index contributed by atoms with van der Waals surface area (Å²) in [5.74, 6) is 0. The molecular formula is C23H22N6. The van der Waals surface area contributed by atoms with E-state index in [2.05, 4.69) is 44.7 Å². The van der Waals surface area contributed by atoms with E-state index in [4.69, 9.17) is 0 Å². The summed E-state index contributed by atoms with van der Waals surface area (Å²) in [5.41, 5.74) is 5.66. The highest BCUT2D eigenvalue weighted by Crippen LogP contribution is 2.18. The van der Waals surface area contributed by atoms with E-state index in [1.807, 2.05) is 85.2 Å². The lowest BCUT2D eigenvalue weighted by molar-refractivity contribution is 0.650. The second-order valence-corrected chi connectivity index (χ2v) is 6.63. The predicted octanol–water partition coefficient (Wildman–Crippen LogP) is 4.41. The molecular weight excluding hydrogens is 360 g/mol. The molecule has 0 aliphatic rings. The molecule has 3 aromatic heterocycles. The van der Waals surface area contributed by atoms with E-state index < -0.39 is 0 Å². The highest BCUT2D eigenvalue weighted by Gasteiger charge is 2.03. The molecule has 29 heavy (non-hydrogen) atoms. The highest BCUT2D eigenvalue weighted by molar-refractivity contribution is 5.61. The van der Waals surface area contributed by atoms with Crippen molar-refractivity contribution in [2.75, 3.05) is 0 Å². The van der Waals surface area contributed by atoms with Gasteiger partial charge in [0, 0.05) is 36.8 Å². The van der Waals surface area contributed by atoms with E-state index in [0.29, 0.717) is 6.54 Å². The van der Waals surface area contributed by atoms with Gasteiger partial charge >= 0.3 is 0 Å². The van der Waals surface area contributed by atoms with Gasteiger partial charge in [0.1, 0.15) is 0 Å². The molecule has 0 fully saturated rings. The summed E-state index contributed by atoms with van der Waals surface area (Å²) in [6, 6.07) is 22.4. The van der Waals surface area contributed by atoms with E-state index >= 15 is 0 Å². The van der Waals surface area contributed by atoms with Crippen LogP contribution in [0.5, 0.6) is 0 Å². The standard InChI is InChI=1S/C14H14N4.C9H8N2/c1-17-8-7-14(16-17)11-18-10-13(9-15-18)12-5-3-2-4-6-12;1-2-4-8(5-3-1)9-6-10-11-7-9/h2-10H,11H2,1H3;1-7H,(H,10,11). The molecule has 0 spiro atoms. The van der Waals surface area contributed by atoms with Crippen molar-refractivity contribution >= 4 is 0 Å². The van der Waals surface area contributed by atoms with Gasteiger partial charge in [-0.25, -0.2) is 0 Å². The van der Waals surface area contributed by atoms with Gasteiger partial charge in [-0.2, -0.15) is 15.3 Å². The summed E-state index contributed by atoms with van der Waals surface area (Å²) in [6.45, 7) is 0.702. The molecule has 6 heteroatoms. The van der Waals surface area contributed by atoms with Crippen molar-refractivity contribution in [2.45, 2.75) is 6.54 Å². The van der Waals surface area contributed by atoms with Crippen LogP contribution in [-0.4, -0.2) is 29.8 Å². The molecule has 0 atom stereocenters. The van der Waals surface area contributed by atoms with Crippen LogP contribution < -0.4 is 0 Å². The number of benzene rings is 2. The third-order valence-electron chi connectivity index (χ3n) is 4.44. The first-order valence-electron chi connectivity index (χ1n) is 9.38. The molecule has 0 aliphatic heterocycles. The second-order valence-electron chi connectivity index (χ2n) is 6.63. The van der Waals surface area contributed by atoms with Gasteiger partial charge in [0.2, 0.25) is 0 Å². The van der Waals surface area contributed by atoms with Crippen LogP contribution >= 0.6 is 0 Å². The molecule has 5 rings (SSSR count). The van der Waals surface area contributed by atoms with E-state index in [-0.39, 0.29) is 0 Å². The fraction of sp³-hybridized carbons (Fsp3) is 0.0870.